The summed E-state index contributed by atoms with van der Waals surface area (Å²) in [5.41, 5.74) is 1.91. The van der Waals surface area contributed by atoms with E-state index in [1.807, 2.05) is 13.8 Å². The zero-order chi connectivity index (χ0) is 20.5. The summed E-state index contributed by atoms with van der Waals surface area (Å²) in [5, 5.41) is 13.9. The number of carbonyl (C=O) groups is 1. The minimum absolute atomic E-state index is 0.0666. The molecule has 2 rings (SSSR count). The van der Waals surface area contributed by atoms with E-state index in [-0.39, 0.29) is 9.79 Å². The second kappa shape index (κ2) is 9.87. The average Bonchev–Trinajstić information content (AvgIpc) is 2.46. The fourth-order valence-electron chi connectivity index (χ4n) is 1.42. The van der Waals surface area contributed by atoms with Crippen LogP contribution in [0.1, 0.15) is 11.1 Å². The molecule has 0 saturated heterocycles. The van der Waals surface area contributed by atoms with Crippen molar-refractivity contribution in [2.24, 2.45) is 0 Å². The SMILES string of the molecule is Cc1ccc(S(=O)(=O)O)cc1.Cc1ccc(S(=O)(=O)O)cc1.O=C(O)O. The van der Waals surface area contributed by atoms with Crippen LogP contribution in [0, 0.1) is 13.8 Å². The minimum atomic E-state index is -4.02. The van der Waals surface area contributed by atoms with Crippen LogP contribution in [-0.2, 0) is 20.2 Å². The molecule has 0 aromatic heterocycles. The molecule has 0 heterocycles. The summed E-state index contributed by atoms with van der Waals surface area (Å²) < 4.78 is 59.1. The fourth-order valence-corrected chi connectivity index (χ4v) is 2.38. The van der Waals surface area contributed by atoms with E-state index in [4.69, 9.17) is 24.1 Å². The lowest BCUT2D eigenvalue weighted by molar-refractivity contribution is 0.137. The lowest BCUT2D eigenvalue weighted by Gasteiger charge is -1.95. The van der Waals surface area contributed by atoms with Gasteiger partial charge in [-0.1, -0.05) is 35.4 Å². The van der Waals surface area contributed by atoms with E-state index in [1.165, 1.54) is 24.3 Å². The van der Waals surface area contributed by atoms with Crippen molar-refractivity contribution in [3.63, 3.8) is 0 Å². The van der Waals surface area contributed by atoms with E-state index in [0.29, 0.717) is 0 Å². The highest BCUT2D eigenvalue weighted by molar-refractivity contribution is 7.86. The lowest BCUT2D eigenvalue weighted by atomic mass is 10.2. The molecule has 0 aliphatic carbocycles. The molecule has 26 heavy (non-hydrogen) atoms. The van der Waals surface area contributed by atoms with Gasteiger partial charge >= 0.3 is 6.16 Å². The molecule has 0 fully saturated rings. The highest BCUT2D eigenvalue weighted by Crippen LogP contribution is 2.09. The van der Waals surface area contributed by atoms with Crippen molar-refractivity contribution in [3.05, 3.63) is 59.7 Å². The molecule has 11 heteroatoms. The number of aryl methyl sites for hydroxylation is 2. The van der Waals surface area contributed by atoms with E-state index < -0.39 is 26.4 Å². The molecule has 0 unspecified atom stereocenters. The van der Waals surface area contributed by atoms with E-state index in [9.17, 15) is 16.8 Å². The van der Waals surface area contributed by atoms with Gasteiger partial charge in [0, 0.05) is 0 Å². The Morgan fingerprint density at radius 3 is 1.00 bits per heavy atom. The highest BCUT2D eigenvalue weighted by atomic mass is 32.2. The Bertz CT molecular complexity index is 837. The third-order valence-electron chi connectivity index (χ3n) is 2.64. The summed E-state index contributed by atoms with van der Waals surface area (Å²) >= 11 is 0. The van der Waals surface area contributed by atoms with Gasteiger partial charge in [0.05, 0.1) is 9.79 Å². The van der Waals surface area contributed by atoms with E-state index >= 15 is 0 Å². The molecule has 0 saturated carbocycles. The van der Waals surface area contributed by atoms with Crippen molar-refractivity contribution < 1.29 is 40.9 Å². The minimum Gasteiger partial charge on any atom is -0.450 e. The van der Waals surface area contributed by atoms with Gasteiger partial charge in [-0.2, -0.15) is 16.8 Å². The summed E-state index contributed by atoms with van der Waals surface area (Å²) in [6.07, 6.45) is -1.83. The van der Waals surface area contributed by atoms with Crippen molar-refractivity contribution in [1.82, 2.24) is 0 Å². The van der Waals surface area contributed by atoms with Crippen LogP contribution in [-0.4, -0.2) is 42.3 Å². The summed E-state index contributed by atoms with van der Waals surface area (Å²) in [6, 6.07) is 12.0. The van der Waals surface area contributed by atoms with Crippen LogP contribution in [0.4, 0.5) is 4.79 Å². The maximum absolute atomic E-state index is 10.5. The Hall–Kier alpha value is -2.47. The zero-order valence-corrected chi connectivity index (χ0v) is 15.4. The number of rotatable bonds is 2. The van der Waals surface area contributed by atoms with Crippen molar-refractivity contribution in [1.29, 1.82) is 0 Å². The van der Waals surface area contributed by atoms with Crippen molar-refractivity contribution in [3.8, 4) is 0 Å². The maximum Gasteiger partial charge on any atom is 0.503 e. The molecule has 0 radical (unpaired) electrons. The van der Waals surface area contributed by atoms with Crippen LogP contribution in [0.25, 0.3) is 0 Å². The summed E-state index contributed by atoms with van der Waals surface area (Å²) in [4.78, 5) is 8.42. The first kappa shape index (κ1) is 23.5. The van der Waals surface area contributed by atoms with Crippen molar-refractivity contribution in [2.75, 3.05) is 0 Å². The molecule has 0 spiro atoms. The van der Waals surface area contributed by atoms with Gasteiger partial charge in [-0.25, -0.2) is 4.79 Å². The van der Waals surface area contributed by atoms with Crippen LogP contribution in [0.3, 0.4) is 0 Å². The van der Waals surface area contributed by atoms with Gasteiger partial charge in [0.25, 0.3) is 20.2 Å². The quantitative estimate of drug-likeness (QED) is 0.548. The molecule has 0 aliphatic rings. The average molecular weight is 406 g/mol. The topological polar surface area (TPSA) is 166 Å². The Kier molecular flexibility index (Phi) is 8.93. The van der Waals surface area contributed by atoms with Gasteiger partial charge in [-0.15, -0.1) is 0 Å². The maximum atomic E-state index is 10.5. The summed E-state index contributed by atoms with van der Waals surface area (Å²) in [7, 11) is -8.04. The third kappa shape index (κ3) is 10.4. The largest absolute Gasteiger partial charge is 0.503 e. The molecular weight excluding hydrogens is 388 g/mol. The normalized spacial score (nSPS) is 10.6. The first-order valence-electron chi connectivity index (χ1n) is 6.73. The third-order valence-corrected chi connectivity index (χ3v) is 4.37. The summed E-state index contributed by atoms with van der Waals surface area (Å²) in [6.45, 7) is 3.68. The van der Waals surface area contributed by atoms with Crippen molar-refractivity contribution >= 4 is 26.4 Å². The number of hydrogen-bond donors (Lipinski definition) is 4. The van der Waals surface area contributed by atoms with Crippen LogP contribution >= 0.6 is 0 Å². The second-order valence-electron chi connectivity index (χ2n) is 4.86. The van der Waals surface area contributed by atoms with Crippen molar-refractivity contribution in [2.45, 2.75) is 23.6 Å². The first-order chi connectivity index (χ1) is 11.7. The summed E-state index contributed by atoms with van der Waals surface area (Å²) in [5.74, 6) is 0. The molecule has 0 aliphatic heterocycles. The number of carboxylic acid groups (broad SMARTS) is 2. The Labute approximate surface area is 151 Å². The van der Waals surface area contributed by atoms with Gasteiger partial charge in [0.2, 0.25) is 0 Å². The Balaban J connectivity index is 0.000000401. The molecule has 0 atom stereocenters. The van der Waals surface area contributed by atoms with Crippen LogP contribution in [0.2, 0.25) is 0 Å². The second-order valence-corrected chi connectivity index (χ2v) is 7.70. The van der Waals surface area contributed by atoms with Crippen LogP contribution in [0.5, 0.6) is 0 Å². The predicted molar refractivity (Wildman–Crippen MR) is 92.6 cm³/mol. The molecule has 9 nitrogen and oxygen atoms in total. The van der Waals surface area contributed by atoms with E-state index in [2.05, 4.69) is 0 Å². The van der Waals surface area contributed by atoms with E-state index in [1.54, 1.807) is 24.3 Å². The monoisotopic (exact) mass is 406 g/mol. The van der Waals surface area contributed by atoms with Gasteiger partial charge < -0.3 is 10.2 Å². The molecule has 4 N–H and O–H groups in total. The predicted octanol–water partition coefficient (Wildman–Crippen LogP) is 2.71. The van der Waals surface area contributed by atoms with Gasteiger partial charge in [-0.3, -0.25) is 9.11 Å². The molecule has 0 amide bonds. The highest BCUT2D eigenvalue weighted by Gasteiger charge is 2.07. The molecular formula is C15H18O9S2. The van der Waals surface area contributed by atoms with Crippen LogP contribution < -0.4 is 0 Å². The number of hydrogen-bond acceptors (Lipinski definition) is 5. The van der Waals surface area contributed by atoms with Gasteiger partial charge in [-0.05, 0) is 38.1 Å². The molecule has 2 aromatic carbocycles. The Morgan fingerprint density at radius 1 is 0.654 bits per heavy atom. The lowest BCUT2D eigenvalue weighted by Crippen LogP contribution is -1.96. The molecule has 2 aromatic rings. The molecule has 144 valence electrons. The van der Waals surface area contributed by atoms with E-state index in [0.717, 1.165) is 11.1 Å². The Morgan fingerprint density at radius 2 is 0.846 bits per heavy atom. The zero-order valence-electron chi connectivity index (χ0n) is 13.8. The van der Waals surface area contributed by atoms with Gasteiger partial charge in [0.1, 0.15) is 0 Å². The standard InChI is InChI=1S/2C7H8O3S.CH2O3/c2*1-6-2-4-7(5-3-6)11(8,9)10;2-1(3)4/h2*2-5H,1H3,(H,8,9,10);(H2,2,3,4). The van der Waals surface area contributed by atoms with Crippen LogP contribution in [0.15, 0.2) is 58.3 Å². The smallest absolute Gasteiger partial charge is 0.450 e. The fraction of sp³-hybridized carbons (Fsp3) is 0.133. The molecule has 0 bridgehead atoms. The van der Waals surface area contributed by atoms with Gasteiger partial charge in [0.15, 0.2) is 0 Å². The first-order valence-corrected chi connectivity index (χ1v) is 9.61. The number of benzene rings is 2.